The van der Waals surface area contributed by atoms with E-state index in [9.17, 15) is 9.59 Å². The van der Waals surface area contributed by atoms with Gasteiger partial charge in [-0.25, -0.2) is 0 Å². The van der Waals surface area contributed by atoms with Gasteiger partial charge in [0.05, 0.1) is 12.8 Å². The summed E-state index contributed by atoms with van der Waals surface area (Å²) in [6.45, 7) is 0.628. The SMILES string of the molecule is O=C(CCCNC(=O)c1ccco1)NCc1nn[nH]n1. The number of nitrogens with one attached hydrogen (secondary N) is 3. The van der Waals surface area contributed by atoms with E-state index in [1.807, 2.05) is 0 Å². The van der Waals surface area contributed by atoms with Gasteiger partial charge in [-0.05, 0) is 18.6 Å². The van der Waals surface area contributed by atoms with Crippen molar-refractivity contribution in [2.24, 2.45) is 0 Å². The Morgan fingerprint density at radius 3 is 2.95 bits per heavy atom. The number of H-pyrrole nitrogens is 1. The summed E-state index contributed by atoms with van der Waals surface area (Å²) < 4.78 is 4.94. The van der Waals surface area contributed by atoms with E-state index in [4.69, 9.17) is 4.42 Å². The maximum absolute atomic E-state index is 11.5. The number of aromatic nitrogens is 4. The monoisotopic (exact) mass is 278 g/mol. The number of tetrazole rings is 1. The number of amides is 2. The van der Waals surface area contributed by atoms with Crippen LogP contribution < -0.4 is 10.6 Å². The number of hydrogen-bond acceptors (Lipinski definition) is 6. The van der Waals surface area contributed by atoms with E-state index >= 15 is 0 Å². The predicted molar refractivity (Wildman–Crippen MR) is 66.3 cm³/mol. The van der Waals surface area contributed by atoms with Crippen molar-refractivity contribution in [3.05, 3.63) is 30.0 Å². The number of aromatic amines is 1. The molecule has 0 radical (unpaired) electrons. The van der Waals surface area contributed by atoms with Gasteiger partial charge in [-0.15, -0.1) is 10.2 Å². The number of rotatable bonds is 7. The van der Waals surface area contributed by atoms with Gasteiger partial charge >= 0.3 is 0 Å². The lowest BCUT2D eigenvalue weighted by Crippen LogP contribution is -2.27. The van der Waals surface area contributed by atoms with Crippen molar-refractivity contribution in [2.75, 3.05) is 6.54 Å². The summed E-state index contributed by atoms with van der Waals surface area (Å²) in [5.41, 5.74) is 0. The van der Waals surface area contributed by atoms with E-state index < -0.39 is 0 Å². The average Bonchev–Trinajstić information content (AvgIpc) is 3.13. The van der Waals surface area contributed by atoms with Gasteiger partial charge in [0.2, 0.25) is 5.91 Å². The van der Waals surface area contributed by atoms with Crippen LogP contribution in [0.15, 0.2) is 22.8 Å². The van der Waals surface area contributed by atoms with E-state index in [1.54, 1.807) is 12.1 Å². The number of carbonyl (C=O) groups is 2. The molecule has 0 aliphatic heterocycles. The molecule has 0 saturated heterocycles. The molecule has 106 valence electrons. The second-order valence-corrected chi connectivity index (χ2v) is 3.94. The highest BCUT2D eigenvalue weighted by Crippen LogP contribution is 1.99. The van der Waals surface area contributed by atoms with Crippen molar-refractivity contribution in [2.45, 2.75) is 19.4 Å². The van der Waals surface area contributed by atoms with Crippen LogP contribution >= 0.6 is 0 Å². The quantitative estimate of drug-likeness (QED) is 0.593. The van der Waals surface area contributed by atoms with Gasteiger partial charge in [0, 0.05) is 13.0 Å². The molecule has 2 aromatic heterocycles. The molecule has 0 fully saturated rings. The number of nitrogens with zero attached hydrogens (tertiary/aromatic N) is 3. The number of hydrogen-bond donors (Lipinski definition) is 3. The van der Waals surface area contributed by atoms with E-state index in [1.165, 1.54) is 6.26 Å². The van der Waals surface area contributed by atoms with Gasteiger partial charge in [0.25, 0.3) is 5.91 Å². The fourth-order valence-corrected chi connectivity index (χ4v) is 1.47. The first-order valence-corrected chi connectivity index (χ1v) is 6.06. The van der Waals surface area contributed by atoms with Crippen LogP contribution in [0.25, 0.3) is 0 Å². The molecular weight excluding hydrogens is 264 g/mol. The van der Waals surface area contributed by atoms with Crippen molar-refractivity contribution in [3.63, 3.8) is 0 Å². The first-order chi connectivity index (χ1) is 9.75. The highest BCUT2D eigenvalue weighted by atomic mass is 16.3. The van der Waals surface area contributed by atoms with Crippen LogP contribution in [0, 0.1) is 0 Å². The van der Waals surface area contributed by atoms with Crippen LogP contribution in [0.4, 0.5) is 0 Å². The van der Waals surface area contributed by atoms with Gasteiger partial charge in [-0.2, -0.15) is 5.21 Å². The highest BCUT2D eigenvalue weighted by Gasteiger charge is 2.08. The third-order valence-corrected chi connectivity index (χ3v) is 2.44. The first-order valence-electron chi connectivity index (χ1n) is 6.06. The van der Waals surface area contributed by atoms with Crippen LogP contribution in [0.5, 0.6) is 0 Å². The third-order valence-electron chi connectivity index (χ3n) is 2.44. The Bertz CT molecular complexity index is 537. The molecule has 2 aromatic rings. The van der Waals surface area contributed by atoms with Crippen molar-refractivity contribution in [1.82, 2.24) is 31.3 Å². The zero-order valence-corrected chi connectivity index (χ0v) is 10.6. The molecule has 2 amide bonds. The first kappa shape index (κ1) is 13.7. The summed E-state index contributed by atoms with van der Waals surface area (Å²) in [7, 11) is 0. The molecule has 2 rings (SSSR count). The minimum atomic E-state index is -0.290. The topological polar surface area (TPSA) is 126 Å². The lowest BCUT2D eigenvalue weighted by Gasteiger charge is -2.04. The minimum absolute atomic E-state index is 0.137. The summed E-state index contributed by atoms with van der Waals surface area (Å²) in [6, 6.07) is 3.22. The average molecular weight is 278 g/mol. The number of carbonyl (C=O) groups excluding carboxylic acids is 2. The molecular formula is C11H14N6O3. The van der Waals surface area contributed by atoms with E-state index in [-0.39, 0.29) is 24.1 Å². The van der Waals surface area contributed by atoms with Crippen molar-refractivity contribution >= 4 is 11.8 Å². The van der Waals surface area contributed by atoms with E-state index in [0.717, 1.165) is 0 Å². The van der Waals surface area contributed by atoms with Crippen LogP contribution in [-0.4, -0.2) is 39.0 Å². The predicted octanol–water partition coefficient (Wildman–Crippen LogP) is -0.381. The molecule has 0 saturated carbocycles. The summed E-state index contributed by atoms with van der Waals surface area (Å²) >= 11 is 0. The second-order valence-electron chi connectivity index (χ2n) is 3.94. The smallest absolute Gasteiger partial charge is 0.286 e. The normalized spacial score (nSPS) is 10.2. The maximum Gasteiger partial charge on any atom is 0.286 e. The summed E-state index contributed by atoms with van der Waals surface area (Å²) in [5, 5.41) is 18.4. The lowest BCUT2D eigenvalue weighted by molar-refractivity contribution is -0.121. The Labute approximate surface area is 114 Å². The molecule has 0 aliphatic carbocycles. The molecule has 2 heterocycles. The standard InChI is InChI=1S/C11H14N6O3/c18-10(13-7-9-14-16-17-15-9)4-1-5-12-11(19)8-3-2-6-20-8/h2-3,6H,1,4-5,7H2,(H,12,19)(H,13,18)(H,14,15,16,17). The molecule has 0 aromatic carbocycles. The molecule has 20 heavy (non-hydrogen) atoms. The van der Waals surface area contributed by atoms with Gasteiger partial charge in [0.15, 0.2) is 11.6 Å². The lowest BCUT2D eigenvalue weighted by atomic mass is 10.3. The van der Waals surface area contributed by atoms with Crippen LogP contribution in [0.1, 0.15) is 29.2 Å². The Morgan fingerprint density at radius 1 is 1.35 bits per heavy atom. The van der Waals surface area contributed by atoms with Gasteiger partial charge in [0.1, 0.15) is 0 Å². The molecule has 0 unspecified atom stereocenters. The largest absolute Gasteiger partial charge is 0.459 e. The summed E-state index contributed by atoms with van der Waals surface area (Å²) in [6.07, 6.45) is 2.26. The second kappa shape index (κ2) is 7.02. The van der Waals surface area contributed by atoms with Crippen LogP contribution in [-0.2, 0) is 11.3 Å². The molecule has 0 atom stereocenters. The maximum atomic E-state index is 11.5. The Hall–Kier alpha value is -2.71. The molecule has 0 spiro atoms. The molecule has 0 aliphatic rings. The zero-order valence-electron chi connectivity index (χ0n) is 10.6. The highest BCUT2D eigenvalue weighted by molar-refractivity contribution is 5.91. The van der Waals surface area contributed by atoms with Crippen LogP contribution in [0.2, 0.25) is 0 Å². The Kier molecular flexibility index (Phi) is 4.81. The molecule has 9 nitrogen and oxygen atoms in total. The fourth-order valence-electron chi connectivity index (χ4n) is 1.47. The molecule has 0 bridgehead atoms. The Morgan fingerprint density at radius 2 is 2.25 bits per heavy atom. The van der Waals surface area contributed by atoms with Crippen LogP contribution in [0.3, 0.4) is 0 Å². The van der Waals surface area contributed by atoms with Crippen molar-refractivity contribution in [1.29, 1.82) is 0 Å². The molecule has 3 N–H and O–H groups in total. The molecule has 9 heteroatoms. The minimum Gasteiger partial charge on any atom is -0.459 e. The third kappa shape index (κ3) is 4.19. The number of furan rings is 1. The Balaban J connectivity index is 1.56. The fraction of sp³-hybridized carbons (Fsp3) is 0.364. The summed E-state index contributed by atoms with van der Waals surface area (Å²) in [4.78, 5) is 23.0. The van der Waals surface area contributed by atoms with E-state index in [0.29, 0.717) is 25.2 Å². The summed E-state index contributed by atoms with van der Waals surface area (Å²) in [5.74, 6) is 0.250. The zero-order chi connectivity index (χ0) is 14.2. The van der Waals surface area contributed by atoms with Gasteiger partial charge in [-0.1, -0.05) is 5.21 Å². The van der Waals surface area contributed by atoms with Crippen molar-refractivity contribution < 1.29 is 14.0 Å². The van der Waals surface area contributed by atoms with E-state index in [2.05, 4.69) is 31.3 Å². The van der Waals surface area contributed by atoms with Gasteiger partial charge in [-0.3, -0.25) is 9.59 Å². The van der Waals surface area contributed by atoms with Gasteiger partial charge < -0.3 is 15.1 Å². The van der Waals surface area contributed by atoms with Crippen molar-refractivity contribution in [3.8, 4) is 0 Å².